The average molecular weight is 337 g/mol. The number of carboxylic acids is 1. The molecule has 0 aromatic heterocycles. The number of hydrogen-bond donors (Lipinski definition) is 1. The first-order valence-corrected chi connectivity index (χ1v) is 9.91. The van der Waals surface area contributed by atoms with Crippen LogP contribution in [0.15, 0.2) is 23.3 Å². The second kappa shape index (κ2) is 14.3. The number of carboxylic acid groups (broad SMARTS) is 1. The van der Waals surface area contributed by atoms with Gasteiger partial charge in [0, 0.05) is 0 Å². The van der Waals surface area contributed by atoms with Crippen LogP contribution in [0.25, 0.3) is 0 Å². The lowest BCUT2D eigenvalue weighted by Crippen LogP contribution is -2.02. The Morgan fingerprint density at radius 3 is 1.92 bits per heavy atom. The van der Waals surface area contributed by atoms with Crippen LogP contribution in [0.4, 0.5) is 0 Å². The molecule has 0 aromatic rings. The van der Waals surface area contributed by atoms with E-state index in [2.05, 4.69) is 39.8 Å². The van der Waals surface area contributed by atoms with Crippen molar-refractivity contribution < 1.29 is 9.90 Å². The van der Waals surface area contributed by atoms with Gasteiger partial charge in [0.2, 0.25) is 0 Å². The SMILES string of the molecule is CCCCCCCCC[C@@H](C)/C=C(/C)C/C(C)=C/[C@@H](C)CC(=O)O. The quantitative estimate of drug-likeness (QED) is 0.270. The van der Waals surface area contributed by atoms with Gasteiger partial charge in [0.25, 0.3) is 0 Å². The van der Waals surface area contributed by atoms with Gasteiger partial charge in [-0.05, 0) is 38.5 Å². The van der Waals surface area contributed by atoms with Crippen LogP contribution < -0.4 is 0 Å². The van der Waals surface area contributed by atoms with Crippen molar-refractivity contribution >= 4 is 5.97 Å². The maximum absolute atomic E-state index is 10.7. The average Bonchev–Trinajstić information content (AvgIpc) is 2.44. The van der Waals surface area contributed by atoms with E-state index in [-0.39, 0.29) is 12.3 Å². The van der Waals surface area contributed by atoms with Crippen molar-refractivity contribution in [3.8, 4) is 0 Å². The normalized spacial score (nSPS) is 15.4. The van der Waals surface area contributed by atoms with Crippen LogP contribution in [-0.2, 0) is 4.79 Å². The molecule has 0 heterocycles. The fraction of sp³-hybridized carbons (Fsp3) is 0.773. The van der Waals surface area contributed by atoms with Gasteiger partial charge in [0.15, 0.2) is 0 Å². The minimum Gasteiger partial charge on any atom is -0.481 e. The fourth-order valence-electron chi connectivity index (χ4n) is 3.37. The first kappa shape index (κ1) is 22.9. The van der Waals surface area contributed by atoms with Gasteiger partial charge in [-0.2, -0.15) is 0 Å². The molecule has 0 aliphatic rings. The maximum Gasteiger partial charge on any atom is 0.303 e. The summed E-state index contributed by atoms with van der Waals surface area (Å²) in [6, 6.07) is 0. The summed E-state index contributed by atoms with van der Waals surface area (Å²) < 4.78 is 0. The molecule has 0 bridgehead atoms. The molecule has 0 unspecified atom stereocenters. The molecule has 140 valence electrons. The van der Waals surface area contributed by atoms with E-state index in [4.69, 9.17) is 5.11 Å². The lowest BCUT2D eigenvalue weighted by Gasteiger charge is -2.10. The van der Waals surface area contributed by atoms with E-state index in [0.29, 0.717) is 5.92 Å². The molecule has 0 aromatic carbocycles. The van der Waals surface area contributed by atoms with Crippen LogP contribution >= 0.6 is 0 Å². The van der Waals surface area contributed by atoms with Gasteiger partial charge in [0.05, 0.1) is 6.42 Å². The first-order chi connectivity index (χ1) is 11.3. The van der Waals surface area contributed by atoms with Crippen molar-refractivity contribution in [2.24, 2.45) is 11.8 Å². The Bertz CT molecular complexity index is 393. The summed E-state index contributed by atoms with van der Waals surface area (Å²) in [7, 11) is 0. The van der Waals surface area contributed by atoms with E-state index in [9.17, 15) is 4.79 Å². The molecule has 2 atom stereocenters. The summed E-state index contributed by atoms with van der Waals surface area (Å²) in [5.74, 6) is 0.0347. The van der Waals surface area contributed by atoms with Crippen LogP contribution in [0.3, 0.4) is 0 Å². The zero-order chi connectivity index (χ0) is 18.4. The van der Waals surface area contributed by atoms with Crippen molar-refractivity contribution in [1.82, 2.24) is 0 Å². The van der Waals surface area contributed by atoms with Gasteiger partial charge in [-0.15, -0.1) is 0 Å². The third kappa shape index (κ3) is 14.5. The van der Waals surface area contributed by atoms with E-state index in [1.54, 1.807) is 0 Å². The zero-order valence-corrected chi connectivity index (χ0v) is 16.7. The standard InChI is InChI=1S/C22H40O2/c1-6-7-8-9-10-11-12-13-18(2)14-19(3)15-20(4)16-21(5)17-22(23)24/h14,16,18,21H,6-13,15,17H2,1-5H3,(H,23,24)/b19-14-,20-16+/t18-,21-/m1/s1. The summed E-state index contributed by atoms with van der Waals surface area (Å²) in [6.07, 6.45) is 16.6. The summed E-state index contributed by atoms with van der Waals surface area (Å²) >= 11 is 0. The predicted octanol–water partition coefficient (Wildman–Crippen LogP) is 7.16. The topological polar surface area (TPSA) is 37.3 Å². The molecule has 24 heavy (non-hydrogen) atoms. The number of rotatable bonds is 14. The van der Waals surface area contributed by atoms with Crippen LogP contribution in [0.1, 0.15) is 98.8 Å². The lowest BCUT2D eigenvalue weighted by atomic mass is 9.96. The molecule has 0 fully saturated rings. The third-order valence-electron chi connectivity index (χ3n) is 4.46. The van der Waals surface area contributed by atoms with Crippen molar-refractivity contribution in [1.29, 1.82) is 0 Å². The Labute approximate surface area is 150 Å². The Balaban J connectivity index is 4.01. The molecule has 0 radical (unpaired) electrons. The molecule has 2 nitrogen and oxygen atoms in total. The van der Waals surface area contributed by atoms with Crippen LogP contribution in [0.2, 0.25) is 0 Å². The number of unbranched alkanes of at least 4 members (excludes halogenated alkanes) is 6. The Hall–Kier alpha value is -1.05. The van der Waals surface area contributed by atoms with Crippen molar-refractivity contribution in [2.75, 3.05) is 0 Å². The second-order valence-electron chi connectivity index (χ2n) is 7.67. The first-order valence-electron chi connectivity index (χ1n) is 9.91. The van der Waals surface area contributed by atoms with Crippen molar-refractivity contribution in [2.45, 2.75) is 98.8 Å². The number of allylic oxidation sites excluding steroid dienone is 4. The van der Waals surface area contributed by atoms with E-state index in [0.717, 1.165) is 6.42 Å². The van der Waals surface area contributed by atoms with Crippen LogP contribution in [0.5, 0.6) is 0 Å². The highest BCUT2D eigenvalue weighted by Gasteiger charge is 2.06. The lowest BCUT2D eigenvalue weighted by molar-refractivity contribution is -0.137. The second-order valence-corrected chi connectivity index (χ2v) is 7.67. The highest BCUT2D eigenvalue weighted by atomic mass is 16.4. The summed E-state index contributed by atoms with van der Waals surface area (Å²) in [5, 5.41) is 8.82. The van der Waals surface area contributed by atoms with Gasteiger partial charge in [-0.3, -0.25) is 4.79 Å². The Morgan fingerprint density at radius 2 is 1.38 bits per heavy atom. The van der Waals surface area contributed by atoms with Gasteiger partial charge < -0.3 is 5.11 Å². The number of aliphatic carboxylic acids is 1. The predicted molar refractivity (Wildman–Crippen MR) is 105 cm³/mol. The summed E-state index contributed by atoms with van der Waals surface area (Å²) in [4.78, 5) is 10.7. The highest BCUT2D eigenvalue weighted by Crippen LogP contribution is 2.19. The van der Waals surface area contributed by atoms with Gasteiger partial charge in [-0.1, -0.05) is 89.0 Å². The molecule has 0 rings (SSSR count). The molecular weight excluding hydrogens is 296 g/mol. The molecular formula is C22H40O2. The minimum absolute atomic E-state index is 0.112. The number of hydrogen-bond acceptors (Lipinski definition) is 1. The minimum atomic E-state index is -0.720. The van der Waals surface area contributed by atoms with Gasteiger partial charge >= 0.3 is 5.97 Å². The molecule has 0 aliphatic carbocycles. The summed E-state index contributed by atoms with van der Waals surface area (Å²) in [6.45, 7) is 10.9. The summed E-state index contributed by atoms with van der Waals surface area (Å²) in [5.41, 5.74) is 2.68. The van der Waals surface area contributed by atoms with Crippen LogP contribution in [0, 0.1) is 11.8 Å². The molecule has 1 N–H and O–H groups in total. The van der Waals surface area contributed by atoms with E-state index >= 15 is 0 Å². The molecule has 0 spiro atoms. The van der Waals surface area contributed by atoms with Crippen molar-refractivity contribution in [3.05, 3.63) is 23.3 Å². The van der Waals surface area contributed by atoms with Crippen LogP contribution in [-0.4, -0.2) is 11.1 Å². The fourth-order valence-corrected chi connectivity index (χ4v) is 3.37. The smallest absolute Gasteiger partial charge is 0.303 e. The maximum atomic E-state index is 10.7. The molecule has 0 aliphatic heterocycles. The Kier molecular flexibility index (Phi) is 13.7. The molecule has 0 saturated heterocycles. The number of carbonyl (C=O) groups is 1. The van der Waals surface area contributed by atoms with Crippen molar-refractivity contribution in [3.63, 3.8) is 0 Å². The Morgan fingerprint density at radius 1 is 0.875 bits per heavy atom. The third-order valence-corrected chi connectivity index (χ3v) is 4.46. The molecule has 0 amide bonds. The monoisotopic (exact) mass is 336 g/mol. The van der Waals surface area contributed by atoms with E-state index < -0.39 is 5.97 Å². The van der Waals surface area contributed by atoms with E-state index in [1.807, 2.05) is 6.92 Å². The van der Waals surface area contributed by atoms with Gasteiger partial charge in [0.1, 0.15) is 0 Å². The molecule has 2 heteroatoms. The largest absolute Gasteiger partial charge is 0.481 e. The zero-order valence-electron chi connectivity index (χ0n) is 16.7. The highest BCUT2D eigenvalue weighted by molar-refractivity contribution is 5.67. The van der Waals surface area contributed by atoms with E-state index in [1.165, 1.54) is 62.5 Å². The molecule has 0 saturated carbocycles. The van der Waals surface area contributed by atoms with Gasteiger partial charge in [-0.25, -0.2) is 0 Å².